The highest BCUT2D eigenvalue weighted by Crippen LogP contribution is 2.31. The van der Waals surface area contributed by atoms with Crippen LogP contribution in [0.2, 0.25) is 0 Å². The van der Waals surface area contributed by atoms with E-state index in [1.807, 2.05) is 38.1 Å². The molecule has 128 valence electrons. The molecule has 0 radical (unpaired) electrons. The standard InChI is InChI=1S/C18H25NO2.C2H6/c1-3-8-17(14-9-5-4-6-10-14)21-18(19)15-11-7-12-16(13-15)20-2;1-2/h7-8,11-14,19H,3-6,9-10H2,1-2H3;1-2H3/b17-8+,19-18?;. The molecule has 1 saturated carbocycles. The maximum Gasteiger partial charge on any atom is 0.218 e. The van der Waals surface area contributed by atoms with Gasteiger partial charge in [0.15, 0.2) is 0 Å². The third-order valence-corrected chi connectivity index (χ3v) is 3.96. The number of methoxy groups -OCH3 is 1. The Labute approximate surface area is 141 Å². The summed E-state index contributed by atoms with van der Waals surface area (Å²) in [4.78, 5) is 0. The second kappa shape index (κ2) is 10.9. The molecular formula is C20H31NO2. The Kier molecular flexibility index (Phi) is 9.11. The molecule has 0 amide bonds. The number of benzene rings is 1. The minimum Gasteiger partial charge on any atom is -0.497 e. The number of rotatable bonds is 5. The van der Waals surface area contributed by atoms with Crippen LogP contribution < -0.4 is 4.74 Å². The van der Waals surface area contributed by atoms with E-state index in [0.29, 0.717) is 5.92 Å². The third kappa shape index (κ3) is 6.09. The van der Waals surface area contributed by atoms with Crippen molar-refractivity contribution in [3.8, 4) is 5.75 Å². The van der Waals surface area contributed by atoms with E-state index in [0.717, 1.165) is 23.5 Å². The summed E-state index contributed by atoms with van der Waals surface area (Å²) < 4.78 is 11.1. The summed E-state index contributed by atoms with van der Waals surface area (Å²) >= 11 is 0. The van der Waals surface area contributed by atoms with Crippen molar-refractivity contribution in [2.45, 2.75) is 59.3 Å². The van der Waals surface area contributed by atoms with Gasteiger partial charge in [0.2, 0.25) is 5.90 Å². The summed E-state index contributed by atoms with van der Waals surface area (Å²) in [6.07, 6.45) is 9.28. The van der Waals surface area contributed by atoms with E-state index in [1.54, 1.807) is 7.11 Å². The summed E-state index contributed by atoms with van der Waals surface area (Å²) in [5.74, 6) is 2.41. The zero-order valence-corrected chi connectivity index (χ0v) is 15.0. The molecule has 2 rings (SSSR count). The maximum atomic E-state index is 8.21. The number of allylic oxidation sites excluding steroid dienone is 2. The SMILES string of the molecule is CC.CC/C=C(/OC(=N)c1cccc(OC)c1)C1CCCCC1. The summed E-state index contributed by atoms with van der Waals surface area (Å²) in [6.45, 7) is 6.11. The number of nitrogens with one attached hydrogen (secondary N) is 1. The molecule has 1 N–H and O–H groups in total. The molecule has 0 saturated heterocycles. The van der Waals surface area contributed by atoms with E-state index >= 15 is 0 Å². The van der Waals surface area contributed by atoms with Crippen LogP contribution in [-0.4, -0.2) is 13.0 Å². The monoisotopic (exact) mass is 317 g/mol. The Morgan fingerprint density at radius 2 is 1.91 bits per heavy atom. The summed E-state index contributed by atoms with van der Waals surface area (Å²) in [7, 11) is 1.63. The van der Waals surface area contributed by atoms with Gasteiger partial charge >= 0.3 is 0 Å². The van der Waals surface area contributed by atoms with Crippen molar-refractivity contribution < 1.29 is 9.47 Å². The molecule has 1 aliphatic rings. The fourth-order valence-corrected chi connectivity index (χ4v) is 2.82. The second-order valence-corrected chi connectivity index (χ2v) is 5.51. The van der Waals surface area contributed by atoms with E-state index in [-0.39, 0.29) is 5.90 Å². The van der Waals surface area contributed by atoms with Crippen LogP contribution in [0.3, 0.4) is 0 Å². The highest BCUT2D eigenvalue weighted by atomic mass is 16.5. The molecule has 3 nitrogen and oxygen atoms in total. The third-order valence-electron chi connectivity index (χ3n) is 3.96. The van der Waals surface area contributed by atoms with Crippen molar-refractivity contribution in [3.63, 3.8) is 0 Å². The van der Waals surface area contributed by atoms with Crippen LogP contribution >= 0.6 is 0 Å². The molecule has 1 fully saturated rings. The topological polar surface area (TPSA) is 42.3 Å². The first-order valence-electron chi connectivity index (χ1n) is 8.85. The fraction of sp³-hybridized carbons (Fsp3) is 0.550. The summed E-state index contributed by atoms with van der Waals surface area (Å²) in [6, 6.07) is 7.48. The van der Waals surface area contributed by atoms with E-state index in [4.69, 9.17) is 14.9 Å². The quantitative estimate of drug-likeness (QED) is 0.415. The molecule has 0 aliphatic heterocycles. The van der Waals surface area contributed by atoms with Crippen molar-refractivity contribution in [2.75, 3.05) is 7.11 Å². The van der Waals surface area contributed by atoms with Crippen molar-refractivity contribution in [1.29, 1.82) is 5.41 Å². The minimum absolute atomic E-state index is 0.208. The lowest BCUT2D eigenvalue weighted by Gasteiger charge is -2.24. The van der Waals surface area contributed by atoms with Gasteiger partial charge in [0.05, 0.1) is 7.11 Å². The fourth-order valence-electron chi connectivity index (χ4n) is 2.82. The van der Waals surface area contributed by atoms with Crippen LogP contribution in [0.5, 0.6) is 5.75 Å². The number of ether oxygens (including phenoxy) is 2. The molecule has 0 aromatic heterocycles. The van der Waals surface area contributed by atoms with Gasteiger partial charge in [0.1, 0.15) is 11.5 Å². The molecule has 1 aliphatic carbocycles. The second-order valence-electron chi connectivity index (χ2n) is 5.51. The molecule has 0 atom stereocenters. The molecule has 0 unspecified atom stereocenters. The van der Waals surface area contributed by atoms with Gasteiger partial charge in [-0.2, -0.15) is 0 Å². The largest absolute Gasteiger partial charge is 0.497 e. The Bertz CT molecular complexity index is 502. The maximum absolute atomic E-state index is 8.21. The lowest BCUT2D eigenvalue weighted by Crippen LogP contribution is -2.15. The van der Waals surface area contributed by atoms with Crippen LogP contribution in [0, 0.1) is 11.3 Å². The predicted octanol–water partition coefficient (Wildman–Crippen LogP) is 5.94. The first-order valence-corrected chi connectivity index (χ1v) is 8.85. The van der Waals surface area contributed by atoms with Gasteiger partial charge in [-0.15, -0.1) is 0 Å². The van der Waals surface area contributed by atoms with Gasteiger partial charge in [0, 0.05) is 11.5 Å². The first kappa shape index (κ1) is 19.3. The minimum atomic E-state index is 0.208. The molecule has 1 aromatic rings. The highest BCUT2D eigenvalue weighted by molar-refractivity contribution is 5.92. The van der Waals surface area contributed by atoms with Crippen LogP contribution in [0.1, 0.15) is 64.9 Å². The van der Waals surface area contributed by atoms with E-state index in [9.17, 15) is 0 Å². The average molecular weight is 317 g/mol. The van der Waals surface area contributed by atoms with Crippen LogP contribution in [0.4, 0.5) is 0 Å². The normalized spacial score (nSPS) is 15.4. The van der Waals surface area contributed by atoms with Gasteiger partial charge in [-0.3, -0.25) is 5.41 Å². The van der Waals surface area contributed by atoms with Crippen LogP contribution in [-0.2, 0) is 4.74 Å². The lowest BCUT2D eigenvalue weighted by atomic mass is 9.87. The molecule has 3 heteroatoms. The Morgan fingerprint density at radius 1 is 1.22 bits per heavy atom. The smallest absolute Gasteiger partial charge is 0.218 e. The van der Waals surface area contributed by atoms with Crippen molar-refractivity contribution in [3.05, 3.63) is 41.7 Å². The molecule has 1 aromatic carbocycles. The molecular weight excluding hydrogens is 286 g/mol. The first-order chi connectivity index (χ1) is 11.2. The Balaban J connectivity index is 0.00000127. The summed E-state index contributed by atoms with van der Waals surface area (Å²) in [5, 5.41) is 8.21. The summed E-state index contributed by atoms with van der Waals surface area (Å²) in [5.41, 5.74) is 0.757. The van der Waals surface area contributed by atoms with Crippen molar-refractivity contribution >= 4 is 5.90 Å². The zero-order valence-electron chi connectivity index (χ0n) is 15.0. The Hall–Kier alpha value is -1.77. The van der Waals surface area contributed by atoms with Gasteiger partial charge in [0.25, 0.3) is 0 Å². The molecule has 0 spiro atoms. The molecule has 0 bridgehead atoms. The van der Waals surface area contributed by atoms with Gasteiger partial charge in [-0.1, -0.05) is 46.1 Å². The molecule has 0 heterocycles. The van der Waals surface area contributed by atoms with E-state index in [2.05, 4.69) is 13.0 Å². The van der Waals surface area contributed by atoms with E-state index < -0.39 is 0 Å². The van der Waals surface area contributed by atoms with Gasteiger partial charge in [-0.05, 0) is 43.5 Å². The lowest BCUT2D eigenvalue weighted by molar-refractivity contribution is 0.279. The average Bonchev–Trinajstić information content (AvgIpc) is 2.63. The highest BCUT2D eigenvalue weighted by Gasteiger charge is 2.20. The predicted molar refractivity (Wildman–Crippen MR) is 97.2 cm³/mol. The number of hydrogen-bond acceptors (Lipinski definition) is 3. The van der Waals surface area contributed by atoms with Crippen molar-refractivity contribution in [2.24, 2.45) is 5.92 Å². The Morgan fingerprint density at radius 3 is 2.52 bits per heavy atom. The van der Waals surface area contributed by atoms with Crippen molar-refractivity contribution in [1.82, 2.24) is 0 Å². The zero-order chi connectivity index (χ0) is 17.1. The van der Waals surface area contributed by atoms with Gasteiger partial charge < -0.3 is 9.47 Å². The van der Waals surface area contributed by atoms with E-state index in [1.165, 1.54) is 32.1 Å². The number of hydrogen-bond donors (Lipinski definition) is 1. The van der Waals surface area contributed by atoms with Crippen LogP contribution in [0.15, 0.2) is 36.1 Å². The van der Waals surface area contributed by atoms with Gasteiger partial charge in [-0.25, -0.2) is 0 Å². The van der Waals surface area contributed by atoms with Crippen LogP contribution in [0.25, 0.3) is 0 Å². The molecule has 23 heavy (non-hydrogen) atoms.